The second kappa shape index (κ2) is 7.62. The molecule has 114 valence electrons. The number of amides is 1. The van der Waals surface area contributed by atoms with Crippen LogP contribution < -0.4 is 5.32 Å². The number of aryl methyl sites for hydroxylation is 1. The molecule has 0 spiro atoms. The van der Waals surface area contributed by atoms with E-state index in [0.717, 1.165) is 16.7 Å². The Bertz CT molecular complexity index is 537. The molecule has 21 heavy (non-hydrogen) atoms. The highest BCUT2D eigenvalue weighted by atomic mass is 16.4. The number of hydrogen-bond acceptors (Lipinski definition) is 2. The zero-order chi connectivity index (χ0) is 16.0. The Morgan fingerprint density at radius 1 is 1.29 bits per heavy atom. The van der Waals surface area contributed by atoms with Crippen LogP contribution in [0.1, 0.15) is 43.9 Å². The van der Waals surface area contributed by atoms with Crippen LogP contribution in [0.5, 0.6) is 0 Å². The molecule has 0 aliphatic rings. The highest BCUT2D eigenvalue weighted by molar-refractivity contribution is 5.80. The van der Waals surface area contributed by atoms with E-state index in [1.54, 1.807) is 0 Å². The van der Waals surface area contributed by atoms with Gasteiger partial charge in [0.05, 0.1) is 12.5 Å². The Morgan fingerprint density at radius 3 is 2.43 bits per heavy atom. The van der Waals surface area contributed by atoms with E-state index in [1.807, 2.05) is 45.0 Å². The van der Waals surface area contributed by atoms with Crippen LogP contribution in [0.25, 0.3) is 0 Å². The zero-order valence-corrected chi connectivity index (χ0v) is 12.8. The highest BCUT2D eigenvalue weighted by Gasteiger charge is 2.22. The van der Waals surface area contributed by atoms with Crippen molar-refractivity contribution in [1.82, 2.24) is 5.32 Å². The van der Waals surface area contributed by atoms with E-state index in [-0.39, 0.29) is 18.2 Å². The molecule has 2 unspecified atom stereocenters. The fourth-order valence-corrected chi connectivity index (χ4v) is 2.32. The number of hydrogen-bond donors (Lipinski definition) is 2. The molecule has 2 N–H and O–H groups in total. The number of benzene rings is 1. The number of aliphatic carboxylic acids is 1. The van der Waals surface area contributed by atoms with E-state index in [0.29, 0.717) is 6.42 Å². The maximum Gasteiger partial charge on any atom is 0.305 e. The molecule has 1 rings (SSSR count). The Labute approximate surface area is 125 Å². The van der Waals surface area contributed by atoms with Gasteiger partial charge in [-0.2, -0.15) is 0 Å². The molecule has 0 saturated carbocycles. The summed E-state index contributed by atoms with van der Waals surface area (Å²) in [5, 5.41) is 11.9. The van der Waals surface area contributed by atoms with E-state index in [9.17, 15) is 9.59 Å². The molecule has 0 bridgehead atoms. The van der Waals surface area contributed by atoms with Crippen LogP contribution in [0.2, 0.25) is 0 Å². The first-order valence-electron chi connectivity index (χ1n) is 7.03. The van der Waals surface area contributed by atoms with E-state index in [1.165, 1.54) is 0 Å². The van der Waals surface area contributed by atoms with Gasteiger partial charge in [0.2, 0.25) is 5.91 Å². The molecule has 1 aromatic rings. The summed E-state index contributed by atoms with van der Waals surface area (Å²) in [4.78, 5) is 23.3. The SMILES string of the molecule is C=C(C)CC(C)C(=O)NC(CC(=O)O)c1ccccc1C. The fraction of sp³-hybridized carbons (Fsp3) is 0.412. The van der Waals surface area contributed by atoms with Gasteiger partial charge < -0.3 is 10.4 Å². The van der Waals surface area contributed by atoms with E-state index >= 15 is 0 Å². The van der Waals surface area contributed by atoms with Crippen LogP contribution in [0, 0.1) is 12.8 Å². The highest BCUT2D eigenvalue weighted by Crippen LogP contribution is 2.22. The molecule has 4 nitrogen and oxygen atoms in total. The monoisotopic (exact) mass is 289 g/mol. The number of nitrogens with one attached hydrogen (secondary N) is 1. The smallest absolute Gasteiger partial charge is 0.305 e. The minimum Gasteiger partial charge on any atom is -0.481 e. The van der Waals surface area contributed by atoms with Crippen LogP contribution in [0.4, 0.5) is 0 Å². The summed E-state index contributed by atoms with van der Waals surface area (Å²) < 4.78 is 0. The van der Waals surface area contributed by atoms with Crippen LogP contribution in [-0.2, 0) is 9.59 Å². The summed E-state index contributed by atoms with van der Waals surface area (Å²) in [7, 11) is 0. The first kappa shape index (κ1) is 17.0. The lowest BCUT2D eigenvalue weighted by Crippen LogP contribution is -2.34. The molecule has 0 radical (unpaired) electrons. The summed E-state index contributed by atoms with van der Waals surface area (Å²) in [6.07, 6.45) is 0.468. The maximum atomic E-state index is 12.2. The summed E-state index contributed by atoms with van der Waals surface area (Å²) in [5.41, 5.74) is 2.75. The molecular weight excluding hydrogens is 266 g/mol. The van der Waals surface area contributed by atoms with Gasteiger partial charge >= 0.3 is 5.97 Å². The number of carboxylic acids is 1. The third-order valence-corrected chi connectivity index (χ3v) is 3.36. The van der Waals surface area contributed by atoms with Crippen LogP contribution in [0.3, 0.4) is 0 Å². The van der Waals surface area contributed by atoms with E-state index in [4.69, 9.17) is 5.11 Å². The molecule has 1 amide bonds. The fourth-order valence-electron chi connectivity index (χ4n) is 2.32. The Morgan fingerprint density at radius 2 is 1.90 bits per heavy atom. The van der Waals surface area contributed by atoms with Gasteiger partial charge in [0.25, 0.3) is 0 Å². The average Bonchev–Trinajstić information content (AvgIpc) is 2.37. The second-order valence-corrected chi connectivity index (χ2v) is 5.58. The summed E-state index contributed by atoms with van der Waals surface area (Å²) >= 11 is 0. The maximum absolute atomic E-state index is 12.2. The molecule has 0 heterocycles. The van der Waals surface area contributed by atoms with Gasteiger partial charge in [-0.15, -0.1) is 6.58 Å². The van der Waals surface area contributed by atoms with Crippen molar-refractivity contribution >= 4 is 11.9 Å². The van der Waals surface area contributed by atoms with E-state index in [2.05, 4.69) is 11.9 Å². The van der Waals surface area contributed by atoms with Crippen molar-refractivity contribution in [2.24, 2.45) is 5.92 Å². The van der Waals surface area contributed by atoms with Gasteiger partial charge in [-0.1, -0.05) is 36.8 Å². The lowest BCUT2D eigenvalue weighted by atomic mass is 9.96. The molecule has 4 heteroatoms. The predicted molar refractivity (Wildman–Crippen MR) is 82.9 cm³/mol. The molecule has 0 saturated heterocycles. The van der Waals surface area contributed by atoms with Gasteiger partial charge in [0.15, 0.2) is 0 Å². The lowest BCUT2D eigenvalue weighted by Gasteiger charge is -2.21. The van der Waals surface area contributed by atoms with Gasteiger partial charge in [-0.05, 0) is 31.4 Å². The van der Waals surface area contributed by atoms with Gasteiger partial charge in [-0.25, -0.2) is 0 Å². The molecular formula is C17H23NO3. The van der Waals surface area contributed by atoms with Crippen LogP contribution >= 0.6 is 0 Å². The van der Waals surface area contributed by atoms with Crippen LogP contribution in [-0.4, -0.2) is 17.0 Å². The van der Waals surface area contributed by atoms with Crippen molar-refractivity contribution in [2.75, 3.05) is 0 Å². The van der Waals surface area contributed by atoms with Gasteiger partial charge in [0.1, 0.15) is 0 Å². The van der Waals surface area contributed by atoms with Crippen molar-refractivity contribution in [3.63, 3.8) is 0 Å². The first-order valence-corrected chi connectivity index (χ1v) is 7.03. The van der Waals surface area contributed by atoms with Gasteiger partial charge in [-0.3, -0.25) is 9.59 Å². The number of rotatable bonds is 7. The largest absolute Gasteiger partial charge is 0.481 e. The molecule has 2 atom stereocenters. The quantitative estimate of drug-likeness (QED) is 0.757. The Balaban J connectivity index is 2.89. The second-order valence-electron chi connectivity index (χ2n) is 5.58. The lowest BCUT2D eigenvalue weighted by molar-refractivity contribution is -0.137. The van der Waals surface area contributed by atoms with Gasteiger partial charge in [0, 0.05) is 5.92 Å². The number of carboxylic acid groups (broad SMARTS) is 1. The number of carbonyl (C=O) groups excluding carboxylic acids is 1. The topological polar surface area (TPSA) is 66.4 Å². The minimum absolute atomic E-state index is 0.129. The van der Waals surface area contributed by atoms with Crippen molar-refractivity contribution in [2.45, 2.75) is 39.7 Å². The summed E-state index contributed by atoms with van der Waals surface area (Å²) in [5.74, 6) is -1.30. The normalized spacial score (nSPS) is 13.3. The third-order valence-electron chi connectivity index (χ3n) is 3.36. The molecule has 0 aromatic heterocycles. The first-order chi connectivity index (χ1) is 9.81. The third kappa shape index (κ3) is 5.42. The van der Waals surface area contributed by atoms with Crippen molar-refractivity contribution in [3.8, 4) is 0 Å². The molecule has 0 aliphatic carbocycles. The van der Waals surface area contributed by atoms with Crippen molar-refractivity contribution in [3.05, 3.63) is 47.5 Å². The average molecular weight is 289 g/mol. The van der Waals surface area contributed by atoms with Crippen LogP contribution in [0.15, 0.2) is 36.4 Å². The number of carbonyl (C=O) groups is 2. The minimum atomic E-state index is -0.934. The zero-order valence-electron chi connectivity index (χ0n) is 12.8. The van der Waals surface area contributed by atoms with Crippen molar-refractivity contribution in [1.29, 1.82) is 0 Å². The summed E-state index contributed by atoms with van der Waals surface area (Å²) in [6.45, 7) is 9.41. The summed E-state index contributed by atoms with van der Waals surface area (Å²) in [6, 6.07) is 6.99. The molecule has 1 aromatic carbocycles. The van der Waals surface area contributed by atoms with Crippen molar-refractivity contribution < 1.29 is 14.7 Å². The van der Waals surface area contributed by atoms with E-state index < -0.39 is 12.0 Å². The molecule has 0 aliphatic heterocycles. The molecule has 0 fully saturated rings. The number of allylic oxidation sites excluding steroid dienone is 1. The Kier molecular flexibility index (Phi) is 6.15. The standard InChI is InChI=1S/C17H23NO3/c1-11(2)9-13(4)17(21)18-15(10-16(19)20)14-8-6-5-7-12(14)3/h5-8,13,15H,1,9-10H2,2-4H3,(H,18,21)(H,19,20). The Hall–Kier alpha value is -2.10. The predicted octanol–water partition coefficient (Wildman–Crippen LogP) is 3.23.